The fraction of sp³-hybridized carbons (Fsp3) is 1.00. The molecule has 2 fully saturated rings. The van der Waals surface area contributed by atoms with Crippen LogP contribution in [0.4, 0.5) is 0 Å². The summed E-state index contributed by atoms with van der Waals surface area (Å²) in [6, 6.07) is 0.480. The van der Waals surface area contributed by atoms with E-state index in [4.69, 9.17) is 5.73 Å². The summed E-state index contributed by atoms with van der Waals surface area (Å²) in [5.41, 5.74) is 7.18. The second-order valence-corrected chi connectivity index (χ2v) is 6.87. The summed E-state index contributed by atoms with van der Waals surface area (Å²) in [6.45, 7) is 9.48. The van der Waals surface area contributed by atoms with Gasteiger partial charge in [0.25, 0.3) is 0 Å². The maximum atomic E-state index is 6.14. The van der Waals surface area contributed by atoms with Crippen LogP contribution in [0.2, 0.25) is 0 Å². The molecule has 2 N–H and O–H groups in total. The Bertz CT molecular complexity index is 219. The number of nitrogens with two attached hydrogens (primary N) is 1. The predicted molar refractivity (Wildman–Crippen MR) is 61.0 cm³/mol. The van der Waals surface area contributed by atoms with Gasteiger partial charge < -0.3 is 5.73 Å². The van der Waals surface area contributed by atoms with E-state index in [9.17, 15) is 0 Å². The topological polar surface area (TPSA) is 26.0 Å². The summed E-state index contributed by atoms with van der Waals surface area (Å²) in [4.78, 5) is 0. The van der Waals surface area contributed by atoms with Gasteiger partial charge in [-0.2, -0.15) is 0 Å². The molecule has 1 heteroatoms. The van der Waals surface area contributed by atoms with Crippen LogP contribution in [0.25, 0.3) is 0 Å². The Hall–Kier alpha value is -0.0400. The van der Waals surface area contributed by atoms with Crippen LogP contribution in [0.3, 0.4) is 0 Å². The lowest BCUT2D eigenvalue weighted by Crippen LogP contribution is -2.24. The molecule has 0 bridgehead atoms. The van der Waals surface area contributed by atoms with Crippen LogP contribution in [0.1, 0.15) is 53.4 Å². The molecule has 0 aromatic rings. The highest BCUT2D eigenvalue weighted by Gasteiger charge is 2.58. The standard InChI is InChI=1S/C13H25N/c1-12(2)7-5-9(6-8-12)10-11(14)13(10,3)4/h9-11H,5-8,14H2,1-4H3/t10-,11-/m0/s1. The van der Waals surface area contributed by atoms with Gasteiger partial charge in [-0.25, -0.2) is 0 Å². The first-order chi connectivity index (χ1) is 6.34. The second-order valence-electron chi connectivity index (χ2n) is 6.87. The van der Waals surface area contributed by atoms with Gasteiger partial charge in [0.05, 0.1) is 0 Å². The van der Waals surface area contributed by atoms with E-state index in [-0.39, 0.29) is 0 Å². The molecule has 0 spiro atoms. The van der Waals surface area contributed by atoms with E-state index in [2.05, 4.69) is 27.7 Å². The van der Waals surface area contributed by atoms with Gasteiger partial charge in [0.15, 0.2) is 0 Å². The molecule has 82 valence electrons. The maximum Gasteiger partial charge on any atom is 0.0130 e. The van der Waals surface area contributed by atoms with Gasteiger partial charge in [-0.15, -0.1) is 0 Å². The van der Waals surface area contributed by atoms with Gasteiger partial charge in [0.2, 0.25) is 0 Å². The molecule has 0 aromatic heterocycles. The molecule has 0 aromatic carbocycles. The van der Waals surface area contributed by atoms with Crippen LogP contribution in [0.5, 0.6) is 0 Å². The van der Waals surface area contributed by atoms with E-state index in [1.807, 2.05) is 0 Å². The minimum Gasteiger partial charge on any atom is -0.327 e. The third kappa shape index (κ3) is 1.60. The zero-order valence-corrected chi connectivity index (χ0v) is 10.1. The summed E-state index contributed by atoms with van der Waals surface area (Å²) < 4.78 is 0. The lowest BCUT2D eigenvalue weighted by Gasteiger charge is -2.35. The molecule has 0 heterocycles. The quantitative estimate of drug-likeness (QED) is 0.683. The maximum absolute atomic E-state index is 6.14. The minimum atomic E-state index is 0.437. The monoisotopic (exact) mass is 195 g/mol. The summed E-state index contributed by atoms with van der Waals surface area (Å²) in [5.74, 6) is 1.74. The van der Waals surface area contributed by atoms with Gasteiger partial charge in [-0.1, -0.05) is 27.7 Å². The highest BCUT2D eigenvalue weighted by atomic mass is 14.8. The fourth-order valence-corrected chi connectivity index (χ4v) is 3.40. The van der Waals surface area contributed by atoms with Crippen molar-refractivity contribution in [3.8, 4) is 0 Å². The van der Waals surface area contributed by atoms with Crippen LogP contribution in [-0.4, -0.2) is 6.04 Å². The smallest absolute Gasteiger partial charge is 0.0130 e. The van der Waals surface area contributed by atoms with Crippen molar-refractivity contribution < 1.29 is 0 Å². The van der Waals surface area contributed by atoms with Crippen molar-refractivity contribution >= 4 is 0 Å². The Morgan fingerprint density at radius 2 is 1.43 bits per heavy atom. The molecule has 2 aliphatic rings. The van der Waals surface area contributed by atoms with Crippen LogP contribution in [0.15, 0.2) is 0 Å². The first kappa shape index (κ1) is 10.5. The summed E-state index contributed by atoms with van der Waals surface area (Å²) in [7, 11) is 0. The Morgan fingerprint density at radius 3 is 1.79 bits per heavy atom. The zero-order valence-electron chi connectivity index (χ0n) is 10.1. The highest BCUT2D eigenvalue weighted by Crippen LogP contribution is 2.58. The Kier molecular flexibility index (Phi) is 2.23. The van der Waals surface area contributed by atoms with Gasteiger partial charge >= 0.3 is 0 Å². The molecular formula is C13H25N. The van der Waals surface area contributed by atoms with Crippen LogP contribution < -0.4 is 5.73 Å². The van der Waals surface area contributed by atoms with Crippen LogP contribution in [0, 0.1) is 22.7 Å². The SMILES string of the molecule is CC1(C)CCC([C@H]2[C@H](N)C2(C)C)CC1. The highest BCUT2D eigenvalue weighted by molar-refractivity contribution is 5.11. The normalized spacial score (nSPS) is 40.9. The van der Waals surface area contributed by atoms with E-state index in [0.717, 1.165) is 11.8 Å². The van der Waals surface area contributed by atoms with Gasteiger partial charge in [0, 0.05) is 6.04 Å². The van der Waals surface area contributed by atoms with E-state index >= 15 is 0 Å². The summed E-state index contributed by atoms with van der Waals surface area (Å²) in [5, 5.41) is 0. The minimum absolute atomic E-state index is 0.437. The molecule has 14 heavy (non-hydrogen) atoms. The van der Waals surface area contributed by atoms with Crippen molar-refractivity contribution in [2.24, 2.45) is 28.4 Å². The van der Waals surface area contributed by atoms with Crippen LogP contribution >= 0.6 is 0 Å². The lowest BCUT2D eigenvalue weighted by atomic mass is 9.71. The van der Waals surface area contributed by atoms with Crippen molar-refractivity contribution in [2.45, 2.75) is 59.4 Å². The van der Waals surface area contributed by atoms with Crippen molar-refractivity contribution in [3.05, 3.63) is 0 Å². The number of rotatable bonds is 1. The molecule has 0 radical (unpaired) electrons. The fourth-order valence-electron chi connectivity index (χ4n) is 3.40. The molecule has 1 nitrogen and oxygen atoms in total. The van der Waals surface area contributed by atoms with Gasteiger partial charge in [-0.3, -0.25) is 0 Å². The summed E-state index contributed by atoms with van der Waals surface area (Å²) in [6.07, 6.45) is 5.62. The average molecular weight is 195 g/mol. The Balaban J connectivity index is 1.92. The molecule has 0 aliphatic heterocycles. The molecule has 2 atom stereocenters. The first-order valence-corrected chi connectivity index (χ1v) is 6.10. The summed E-state index contributed by atoms with van der Waals surface area (Å²) >= 11 is 0. The van der Waals surface area contributed by atoms with Crippen LogP contribution in [-0.2, 0) is 0 Å². The van der Waals surface area contributed by atoms with Gasteiger partial charge in [0.1, 0.15) is 0 Å². The second kappa shape index (κ2) is 2.98. The molecular weight excluding hydrogens is 170 g/mol. The largest absolute Gasteiger partial charge is 0.327 e. The van der Waals surface area contributed by atoms with E-state index in [1.165, 1.54) is 25.7 Å². The third-order valence-electron chi connectivity index (χ3n) is 4.89. The van der Waals surface area contributed by atoms with Crippen molar-refractivity contribution in [1.82, 2.24) is 0 Å². The molecule has 2 rings (SSSR count). The zero-order chi connectivity index (χ0) is 10.6. The molecule has 0 saturated heterocycles. The predicted octanol–water partition coefficient (Wildman–Crippen LogP) is 3.19. The first-order valence-electron chi connectivity index (χ1n) is 6.10. The van der Waals surface area contributed by atoms with Crippen molar-refractivity contribution in [2.75, 3.05) is 0 Å². The van der Waals surface area contributed by atoms with Crippen molar-refractivity contribution in [3.63, 3.8) is 0 Å². The van der Waals surface area contributed by atoms with E-state index in [1.54, 1.807) is 0 Å². The van der Waals surface area contributed by atoms with E-state index < -0.39 is 0 Å². The van der Waals surface area contributed by atoms with Gasteiger partial charge in [-0.05, 0) is 48.3 Å². The molecule has 2 saturated carbocycles. The number of hydrogen-bond acceptors (Lipinski definition) is 1. The lowest BCUT2D eigenvalue weighted by molar-refractivity contribution is 0.167. The van der Waals surface area contributed by atoms with E-state index in [0.29, 0.717) is 16.9 Å². The molecule has 0 unspecified atom stereocenters. The molecule has 0 amide bonds. The third-order valence-corrected chi connectivity index (χ3v) is 4.89. The molecule has 2 aliphatic carbocycles. The Labute approximate surface area is 88.4 Å². The van der Waals surface area contributed by atoms with Crippen molar-refractivity contribution in [1.29, 1.82) is 0 Å². The number of hydrogen-bond donors (Lipinski definition) is 1. The average Bonchev–Trinajstić information content (AvgIpc) is 2.54. The Morgan fingerprint density at radius 1 is 1.00 bits per heavy atom.